The molecule has 1 fully saturated rings. The zero-order valence-corrected chi connectivity index (χ0v) is 47.5. The zero-order chi connectivity index (χ0) is 53.8. The number of ether oxygens (including phenoxy) is 4. The van der Waals surface area contributed by atoms with Crippen LogP contribution in [-0.2, 0) is 38.3 Å². The van der Waals surface area contributed by atoms with Crippen LogP contribution in [0.4, 0.5) is 0 Å². The average molecular weight is 1070 g/mol. The summed E-state index contributed by atoms with van der Waals surface area (Å²) in [5.41, 5.74) is 0. The first-order valence-electron chi connectivity index (χ1n) is 29.7. The van der Waals surface area contributed by atoms with Crippen molar-refractivity contribution in [2.24, 2.45) is 0 Å². The third kappa shape index (κ3) is 43.6. The second kappa shape index (κ2) is 51.3. The minimum absolute atomic E-state index is 0.0215. The Bertz CT molecular complexity index is 1560. The molecule has 1 aliphatic heterocycles. The topological polar surface area (TPSA) is 178 Å². The standard InChI is InChI=1S/C61H108O12S/c1-3-5-7-9-11-13-15-17-19-21-23-25-27-29-31-33-35-37-39-41-43-45-47-49-51-69-53-55(54-70-61-59(65)60(73-74(66,67)68)58(64)56(52-62)72-61)71-57(63)50-48-46-44-42-40-38-36-34-32-30-28-26-24-22-20-18-16-14-12-10-8-6-4-2/h5,7,11,13,17,19,23,25,29,31,35,37,55-56,58-62,64-65H,3-4,6,8-10,12,14-16,18,20-22,24,26-28,30,32-34,36,38-54H2,1-2H3,(H,66,67,68)/b7-5-,13-11-,19-17-,25-23-,31-29-,37-35-. The molecule has 6 atom stereocenters. The molecule has 0 aromatic carbocycles. The van der Waals surface area contributed by atoms with Crippen LogP contribution in [0.5, 0.6) is 0 Å². The van der Waals surface area contributed by atoms with Crippen molar-refractivity contribution in [3.8, 4) is 0 Å². The number of allylic oxidation sites excluding steroid dienone is 12. The van der Waals surface area contributed by atoms with Crippen LogP contribution in [0.2, 0.25) is 0 Å². The minimum atomic E-state index is -5.07. The molecule has 0 saturated carbocycles. The number of rotatable bonds is 52. The second-order valence-electron chi connectivity index (χ2n) is 20.2. The predicted octanol–water partition coefficient (Wildman–Crippen LogP) is 15.0. The molecule has 0 radical (unpaired) electrons. The van der Waals surface area contributed by atoms with Crippen LogP contribution in [-0.4, -0.2) is 97.5 Å². The van der Waals surface area contributed by atoms with Crippen molar-refractivity contribution in [1.29, 1.82) is 0 Å². The predicted molar refractivity (Wildman–Crippen MR) is 303 cm³/mol. The smallest absolute Gasteiger partial charge is 0.397 e. The lowest BCUT2D eigenvalue weighted by Crippen LogP contribution is -2.60. The highest BCUT2D eigenvalue weighted by molar-refractivity contribution is 7.80. The molecular formula is C61H108O12S. The maximum Gasteiger partial charge on any atom is 0.397 e. The van der Waals surface area contributed by atoms with Crippen LogP contribution < -0.4 is 0 Å². The Morgan fingerprint density at radius 1 is 0.527 bits per heavy atom. The summed E-state index contributed by atoms with van der Waals surface area (Å²) in [6.45, 7) is 3.87. The van der Waals surface area contributed by atoms with Gasteiger partial charge in [-0.25, -0.2) is 4.18 Å². The lowest BCUT2D eigenvalue weighted by molar-refractivity contribution is -0.301. The van der Waals surface area contributed by atoms with Gasteiger partial charge in [0.2, 0.25) is 0 Å². The van der Waals surface area contributed by atoms with Crippen molar-refractivity contribution in [2.45, 2.75) is 282 Å². The van der Waals surface area contributed by atoms with E-state index in [4.69, 9.17) is 18.9 Å². The number of unbranched alkanes of at least 4 members (excludes halogenated alkanes) is 27. The van der Waals surface area contributed by atoms with E-state index in [9.17, 15) is 33.1 Å². The second-order valence-corrected chi connectivity index (χ2v) is 21.3. The lowest BCUT2D eigenvalue weighted by Gasteiger charge is -2.41. The molecule has 6 unspecified atom stereocenters. The van der Waals surface area contributed by atoms with Crippen molar-refractivity contribution in [3.05, 3.63) is 72.9 Å². The van der Waals surface area contributed by atoms with E-state index < -0.39 is 59.8 Å². The van der Waals surface area contributed by atoms with Gasteiger partial charge in [-0.3, -0.25) is 9.35 Å². The fourth-order valence-corrected chi connectivity index (χ4v) is 9.42. The molecule has 13 heteroatoms. The maximum absolute atomic E-state index is 13.0. The molecule has 12 nitrogen and oxygen atoms in total. The van der Waals surface area contributed by atoms with E-state index >= 15 is 0 Å². The fourth-order valence-electron chi connectivity index (χ4n) is 8.91. The van der Waals surface area contributed by atoms with Gasteiger partial charge >= 0.3 is 16.4 Å². The van der Waals surface area contributed by atoms with Gasteiger partial charge in [-0.15, -0.1) is 0 Å². The lowest BCUT2D eigenvalue weighted by atomic mass is 9.99. The summed E-state index contributed by atoms with van der Waals surface area (Å²) in [6.07, 6.45) is 59.4. The van der Waals surface area contributed by atoms with Gasteiger partial charge in [0.1, 0.15) is 30.5 Å². The Morgan fingerprint density at radius 3 is 1.36 bits per heavy atom. The number of aliphatic hydroxyl groups excluding tert-OH is 3. The Balaban J connectivity index is 2.31. The monoisotopic (exact) mass is 1060 g/mol. The third-order valence-electron chi connectivity index (χ3n) is 13.3. The van der Waals surface area contributed by atoms with Crippen LogP contribution in [0.15, 0.2) is 72.9 Å². The van der Waals surface area contributed by atoms with Crippen LogP contribution in [0, 0.1) is 0 Å². The van der Waals surface area contributed by atoms with Crippen LogP contribution in [0.1, 0.15) is 245 Å². The van der Waals surface area contributed by atoms with Gasteiger partial charge in [0, 0.05) is 13.0 Å². The zero-order valence-electron chi connectivity index (χ0n) is 46.6. The van der Waals surface area contributed by atoms with Gasteiger partial charge in [-0.05, 0) is 64.2 Å². The highest BCUT2D eigenvalue weighted by Gasteiger charge is 2.48. The normalized spacial score (nSPS) is 19.2. The first kappa shape index (κ1) is 69.6. The summed E-state index contributed by atoms with van der Waals surface area (Å²) in [5, 5.41) is 30.9. The quantitative estimate of drug-likeness (QED) is 0.0196. The molecule has 1 rings (SSSR count). The number of carbonyl (C=O) groups is 1. The molecule has 74 heavy (non-hydrogen) atoms. The number of esters is 1. The molecule has 0 aromatic rings. The highest BCUT2D eigenvalue weighted by atomic mass is 32.3. The SMILES string of the molecule is CC/C=C\C/C=C\C/C=C\C/C=C\C/C=C\C/C=C\CCCCCCCOCC(COC1OC(CO)C(O)C(OS(=O)(=O)O)C1O)OC(=O)CCCCCCCCCCCCCCCCCCCCCCCCC. The molecule has 0 amide bonds. The van der Waals surface area contributed by atoms with Crippen molar-refractivity contribution in [2.75, 3.05) is 26.4 Å². The van der Waals surface area contributed by atoms with E-state index in [1.54, 1.807) is 0 Å². The summed E-state index contributed by atoms with van der Waals surface area (Å²) >= 11 is 0. The van der Waals surface area contributed by atoms with Gasteiger partial charge in [-0.1, -0.05) is 247 Å². The van der Waals surface area contributed by atoms with Crippen LogP contribution in [0.3, 0.4) is 0 Å². The molecule has 0 bridgehead atoms. The maximum atomic E-state index is 13.0. The number of aliphatic hydroxyl groups is 3. The molecule has 430 valence electrons. The molecule has 1 heterocycles. The van der Waals surface area contributed by atoms with Crippen LogP contribution in [0.25, 0.3) is 0 Å². The fraction of sp³-hybridized carbons (Fsp3) is 0.787. The van der Waals surface area contributed by atoms with E-state index in [0.29, 0.717) is 13.0 Å². The average Bonchev–Trinajstić information content (AvgIpc) is 3.38. The van der Waals surface area contributed by atoms with Gasteiger partial charge < -0.3 is 34.3 Å². The Hall–Kier alpha value is -2.46. The Kier molecular flexibility index (Phi) is 48.2. The van der Waals surface area contributed by atoms with Crippen LogP contribution >= 0.6 is 0 Å². The molecule has 0 spiro atoms. The molecule has 4 N–H and O–H groups in total. The van der Waals surface area contributed by atoms with Gasteiger partial charge in [0.25, 0.3) is 0 Å². The van der Waals surface area contributed by atoms with Crippen molar-refractivity contribution in [3.63, 3.8) is 0 Å². The van der Waals surface area contributed by atoms with E-state index in [-0.39, 0.29) is 19.6 Å². The molecule has 0 aliphatic carbocycles. The van der Waals surface area contributed by atoms with Crippen molar-refractivity contribution >= 4 is 16.4 Å². The minimum Gasteiger partial charge on any atom is -0.457 e. The number of carbonyl (C=O) groups excluding carboxylic acids is 1. The summed E-state index contributed by atoms with van der Waals surface area (Å²) in [6, 6.07) is 0. The molecule has 0 aromatic heterocycles. The van der Waals surface area contributed by atoms with Gasteiger partial charge in [-0.2, -0.15) is 8.42 Å². The van der Waals surface area contributed by atoms with E-state index in [1.165, 1.54) is 122 Å². The summed E-state index contributed by atoms with van der Waals surface area (Å²) in [5.74, 6) is -0.404. The Morgan fingerprint density at radius 2 is 0.932 bits per heavy atom. The summed E-state index contributed by atoms with van der Waals surface area (Å²) < 4.78 is 59.5. The molecular weight excluding hydrogens is 957 g/mol. The first-order chi connectivity index (χ1) is 36.1. The van der Waals surface area contributed by atoms with E-state index in [1.807, 2.05) is 0 Å². The van der Waals surface area contributed by atoms with E-state index in [0.717, 1.165) is 96.3 Å². The highest BCUT2D eigenvalue weighted by Crippen LogP contribution is 2.26. The van der Waals surface area contributed by atoms with Gasteiger partial charge in [0.15, 0.2) is 6.29 Å². The van der Waals surface area contributed by atoms with Gasteiger partial charge in [0.05, 0.1) is 19.8 Å². The van der Waals surface area contributed by atoms with E-state index in [2.05, 4.69) is 90.9 Å². The molecule has 1 aliphatic rings. The summed E-state index contributed by atoms with van der Waals surface area (Å²) in [4.78, 5) is 13.0. The largest absolute Gasteiger partial charge is 0.457 e. The number of hydrogen-bond donors (Lipinski definition) is 4. The molecule has 1 saturated heterocycles. The summed E-state index contributed by atoms with van der Waals surface area (Å²) in [7, 11) is -5.07. The van der Waals surface area contributed by atoms with Crippen molar-refractivity contribution < 1.29 is 56.2 Å². The Labute approximate surface area is 451 Å². The number of hydrogen-bond acceptors (Lipinski definition) is 11. The third-order valence-corrected chi connectivity index (χ3v) is 13.8. The first-order valence-corrected chi connectivity index (χ1v) is 31.1. The van der Waals surface area contributed by atoms with Crippen molar-refractivity contribution in [1.82, 2.24) is 0 Å².